The van der Waals surface area contributed by atoms with Crippen LogP contribution in [0.2, 0.25) is 0 Å². The lowest BCUT2D eigenvalue weighted by Crippen LogP contribution is -2.30. The van der Waals surface area contributed by atoms with Crippen molar-refractivity contribution in [3.8, 4) is 0 Å². The topological polar surface area (TPSA) is 78.9 Å². The normalized spacial score (nSPS) is 12.8. The monoisotopic (exact) mass is 903 g/mol. The molecule has 6 heteroatoms. The summed E-state index contributed by atoms with van der Waals surface area (Å²) in [5, 5.41) is 0. The molecule has 0 N–H and O–H groups in total. The van der Waals surface area contributed by atoms with Crippen LogP contribution in [0.5, 0.6) is 0 Å². The van der Waals surface area contributed by atoms with E-state index in [-0.39, 0.29) is 37.5 Å². The van der Waals surface area contributed by atoms with Crippen LogP contribution in [0.1, 0.15) is 239 Å². The molecule has 0 aromatic carbocycles. The van der Waals surface area contributed by atoms with Crippen molar-refractivity contribution < 1.29 is 28.6 Å². The van der Waals surface area contributed by atoms with Gasteiger partial charge < -0.3 is 14.2 Å². The van der Waals surface area contributed by atoms with E-state index in [1.807, 2.05) is 0 Å². The Hall–Kier alpha value is -3.67. The van der Waals surface area contributed by atoms with Gasteiger partial charge in [-0.3, -0.25) is 14.4 Å². The molecule has 0 spiro atoms. The zero-order valence-corrected chi connectivity index (χ0v) is 42.2. The molecule has 0 heterocycles. The van der Waals surface area contributed by atoms with Crippen molar-refractivity contribution in [1.29, 1.82) is 0 Å². The molecular weight excluding hydrogens is 805 g/mol. The van der Waals surface area contributed by atoms with Gasteiger partial charge in [-0.05, 0) is 96.3 Å². The molecule has 0 amide bonds. The Balaban J connectivity index is 4.42. The molecule has 0 aliphatic rings. The minimum atomic E-state index is -0.811. The summed E-state index contributed by atoms with van der Waals surface area (Å²) in [5.74, 6) is -0.981. The predicted molar refractivity (Wildman–Crippen MR) is 279 cm³/mol. The van der Waals surface area contributed by atoms with Gasteiger partial charge in [0.15, 0.2) is 6.10 Å². The number of rotatable bonds is 47. The fourth-order valence-electron chi connectivity index (χ4n) is 7.07. The summed E-state index contributed by atoms with van der Waals surface area (Å²) in [7, 11) is 0. The van der Waals surface area contributed by atoms with Gasteiger partial charge in [-0.2, -0.15) is 0 Å². The van der Waals surface area contributed by atoms with Crippen LogP contribution >= 0.6 is 0 Å². The third-order valence-corrected chi connectivity index (χ3v) is 11.1. The molecule has 65 heavy (non-hydrogen) atoms. The first kappa shape index (κ1) is 61.3. The number of esters is 3. The van der Waals surface area contributed by atoms with E-state index < -0.39 is 6.10 Å². The molecule has 0 aliphatic heterocycles. The van der Waals surface area contributed by atoms with Crippen LogP contribution in [0.15, 0.2) is 97.2 Å². The Labute approximate surface area is 400 Å². The first-order valence-corrected chi connectivity index (χ1v) is 26.7. The largest absolute Gasteiger partial charge is 0.462 e. The second kappa shape index (κ2) is 52.9. The van der Waals surface area contributed by atoms with Crippen LogP contribution in [-0.2, 0) is 28.6 Å². The first-order valence-electron chi connectivity index (χ1n) is 26.7. The Kier molecular flexibility index (Phi) is 50.0. The predicted octanol–water partition coefficient (Wildman–Crippen LogP) is 17.8. The van der Waals surface area contributed by atoms with Gasteiger partial charge in [-0.15, -0.1) is 0 Å². The molecule has 1 atom stereocenters. The highest BCUT2D eigenvalue weighted by Crippen LogP contribution is 2.13. The van der Waals surface area contributed by atoms with Crippen LogP contribution < -0.4 is 0 Å². The van der Waals surface area contributed by atoms with Crippen LogP contribution in [-0.4, -0.2) is 37.2 Å². The van der Waals surface area contributed by atoms with Crippen molar-refractivity contribution >= 4 is 17.9 Å². The molecule has 370 valence electrons. The summed E-state index contributed by atoms with van der Waals surface area (Å²) >= 11 is 0. The zero-order valence-electron chi connectivity index (χ0n) is 42.2. The minimum absolute atomic E-state index is 0.104. The van der Waals surface area contributed by atoms with E-state index in [4.69, 9.17) is 14.2 Å². The summed E-state index contributed by atoms with van der Waals surface area (Å²) in [5.41, 5.74) is 0. The van der Waals surface area contributed by atoms with E-state index in [9.17, 15) is 14.4 Å². The van der Waals surface area contributed by atoms with Gasteiger partial charge in [0.05, 0.1) is 0 Å². The van der Waals surface area contributed by atoms with Crippen LogP contribution in [0.25, 0.3) is 0 Å². The first-order chi connectivity index (χ1) is 32.0. The van der Waals surface area contributed by atoms with Crippen LogP contribution in [0.3, 0.4) is 0 Å². The summed E-state index contributed by atoms with van der Waals surface area (Å²) in [6, 6.07) is 0. The molecule has 0 bridgehead atoms. The van der Waals surface area contributed by atoms with E-state index in [1.54, 1.807) is 0 Å². The van der Waals surface area contributed by atoms with Crippen molar-refractivity contribution in [2.45, 2.75) is 245 Å². The fourth-order valence-corrected chi connectivity index (χ4v) is 7.07. The van der Waals surface area contributed by atoms with Crippen molar-refractivity contribution in [3.05, 3.63) is 97.2 Å². The van der Waals surface area contributed by atoms with Gasteiger partial charge in [0, 0.05) is 19.3 Å². The van der Waals surface area contributed by atoms with Crippen molar-refractivity contribution in [2.24, 2.45) is 0 Å². The molecule has 0 saturated carbocycles. The molecule has 0 aliphatic carbocycles. The highest BCUT2D eigenvalue weighted by molar-refractivity contribution is 5.71. The highest BCUT2D eigenvalue weighted by Gasteiger charge is 2.19. The van der Waals surface area contributed by atoms with Gasteiger partial charge in [-0.25, -0.2) is 0 Å². The van der Waals surface area contributed by atoms with Gasteiger partial charge in [0.25, 0.3) is 0 Å². The molecule has 0 saturated heterocycles. The quantitative estimate of drug-likeness (QED) is 0.0262. The third-order valence-electron chi connectivity index (χ3n) is 11.1. The molecular formula is C59H98O6. The van der Waals surface area contributed by atoms with E-state index in [0.717, 1.165) is 103 Å². The number of hydrogen-bond donors (Lipinski definition) is 0. The molecule has 0 aromatic rings. The molecule has 0 radical (unpaired) electrons. The zero-order chi connectivity index (χ0) is 47.2. The maximum atomic E-state index is 12.8. The van der Waals surface area contributed by atoms with E-state index >= 15 is 0 Å². The SMILES string of the molecule is CC/C=C\C/C=C\C/C=C\C/C=C\C/C=C\CCCC(=O)OC(COC(=O)CCCCCCCC/C=C\C/C=C\C/C=C\CCCCCCC)COC(=O)CCCCCCCCCCC. The standard InChI is InChI=1S/C59H98O6/c1-4-7-10-13-16-19-21-23-25-27-28-29-30-32-33-35-37-40-43-46-49-52-58(61)64-55-56(54-63-57(60)51-48-45-42-39-18-15-12-9-6-3)65-59(62)53-50-47-44-41-38-36-34-31-26-24-22-20-17-14-11-8-5-2/h8,11,17,20-21,23-24,26-28,30,32,34,36,41,44,56H,4-7,9-10,12-16,18-19,22,25,29,31,33,35,37-40,42-43,45-55H2,1-3H3/b11-8-,20-17-,23-21-,26-24-,28-27-,32-30-,36-34-,44-41-. The number of carbonyl (C=O) groups excluding carboxylic acids is 3. The maximum Gasteiger partial charge on any atom is 0.306 e. The Morgan fingerprint density at radius 3 is 0.985 bits per heavy atom. The number of hydrogen-bond acceptors (Lipinski definition) is 6. The van der Waals surface area contributed by atoms with E-state index in [0.29, 0.717) is 19.3 Å². The Bertz CT molecular complexity index is 1310. The lowest BCUT2D eigenvalue weighted by atomic mass is 10.1. The lowest BCUT2D eigenvalue weighted by Gasteiger charge is -2.18. The van der Waals surface area contributed by atoms with Crippen LogP contribution in [0, 0.1) is 0 Å². The van der Waals surface area contributed by atoms with E-state index in [2.05, 4.69) is 118 Å². The second-order valence-electron chi connectivity index (χ2n) is 17.4. The van der Waals surface area contributed by atoms with Crippen molar-refractivity contribution in [2.75, 3.05) is 13.2 Å². The average Bonchev–Trinajstić information content (AvgIpc) is 3.30. The Morgan fingerprint density at radius 2 is 0.615 bits per heavy atom. The molecule has 0 aromatic heterocycles. The van der Waals surface area contributed by atoms with Gasteiger partial charge in [0.2, 0.25) is 0 Å². The number of ether oxygens (including phenoxy) is 3. The summed E-state index contributed by atoms with van der Waals surface area (Å²) in [4.78, 5) is 37.9. The Morgan fingerprint density at radius 1 is 0.323 bits per heavy atom. The van der Waals surface area contributed by atoms with Gasteiger partial charge >= 0.3 is 17.9 Å². The minimum Gasteiger partial charge on any atom is -0.462 e. The second-order valence-corrected chi connectivity index (χ2v) is 17.4. The lowest BCUT2D eigenvalue weighted by molar-refractivity contribution is -0.167. The molecule has 6 nitrogen and oxygen atoms in total. The number of carbonyl (C=O) groups is 3. The fraction of sp³-hybridized carbons (Fsp3) is 0.678. The van der Waals surface area contributed by atoms with Gasteiger partial charge in [0.1, 0.15) is 13.2 Å². The van der Waals surface area contributed by atoms with Crippen molar-refractivity contribution in [1.82, 2.24) is 0 Å². The average molecular weight is 903 g/mol. The maximum absolute atomic E-state index is 12.8. The van der Waals surface area contributed by atoms with E-state index in [1.165, 1.54) is 89.9 Å². The molecule has 0 fully saturated rings. The number of allylic oxidation sites excluding steroid dienone is 16. The number of unbranched alkanes of at least 4 members (excludes halogenated alkanes) is 20. The van der Waals surface area contributed by atoms with Gasteiger partial charge in [-0.1, -0.05) is 221 Å². The summed E-state index contributed by atoms with van der Waals surface area (Å²) < 4.78 is 16.7. The summed E-state index contributed by atoms with van der Waals surface area (Å²) in [6.45, 7) is 6.43. The van der Waals surface area contributed by atoms with Crippen molar-refractivity contribution in [3.63, 3.8) is 0 Å². The molecule has 1 unspecified atom stereocenters. The summed E-state index contributed by atoms with van der Waals surface area (Å²) in [6.07, 6.45) is 69.7. The smallest absolute Gasteiger partial charge is 0.306 e. The third kappa shape index (κ3) is 51.2. The van der Waals surface area contributed by atoms with Crippen LogP contribution in [0.4, 0.5) is 0 Å². The highest BCUT2D eigenvalue weighted by atomic mass is 16.6. The molecule has 0 rings (SSSR count).